The zero-order chi connectivity index (χ0) is 14.8. The van der Waals surface area contributed by atoms with Gasteiger partial charge in [-0.25, -0.2) is 0 Å². The number of carbonyl (C=O) groups is 2. The summed E-state index contributed by atoms with van der Waals surface area (Å²) >= 11 is 0. The van der Waals surface area contributed by atoms with Crippen molar-refractivity contribution in [2.45, 2.75) is 26.7 Å². The number of aromatic nitrogens is 2. The highest BCUT2D eigenvalue weighted by molar-refractivity contribution is 5.78. The Morgan fingerprint density at radius 3 is 1.30 bits per heavy atom. The summed E-state index contributed by atoms with van der Waals surface area (Å²) < 4.78 is 0. The van der Waals surface area contributed by atoms with E-state index in [1.165, 1.54) is 0 Å². The molecule has 4 nitrogen and oxygen atoms in total. The largest absolute Gasteiger partial charge is 0.300 e. The zero-order valence-electron chi connectivity index (χ0n) is 11.7. The summed E-state index contributed by atoms with van der Waals surface area (Å²) in [5, 5.41) is 0. The fourth-order valence-electron chi connectivity index (χ4n) is 1.58. The van der Waals surface area contributed by atoms with Gasteiger partial charge in [-0.1, -0.05) is 0 Å². The molecule has 0 aliphatic heterocycles. The Balaban J connectivity index is 0.000000200. The fourth-order valence-corrected chi connectivity index (χ4v) is 1.58. The van der Waals surface area contributed by atoms with Crippen molar-refractivity contribution >= 4 is 11.6 Å². The van der Waals surface area contributed by atoms with Gasteiger partial charge in [-0.2, -0.15) is 0 Å². The summed E-state index contributed by atoms with van der Waals surface area (Å²) in [5.74, 6) is 0.373. The molecule has 4 heteroatoms. The second-order valence-electron chi connectivity index (χ2n) is 4.47. The molecule has 0 aliphatic carbocycles. The summed E-state index contributed by atoms with van der Waals surface area (Å²) in [6.45, 7) is 3.17. The molecule has 0 radical (unpaired) electrons. The first-order chi connectivity index (χ1) is 9.58. The monoisotopic (exact) mass is 270 g/mol. The van der Waals surface area contributed by atoms with Gasteiger partial charge in [0.1, 0.15) is 11.6 Å². The van der Waals surface area contributed by atoms with Crippen LogP contribution < -0.4 is 0 Å². The highest BCUT2D eigenvalue weighted by Crippen LogP contribution is 1.97. The molecule has 2 aromatic rings. The first-order valence-electron chi connectivity index (χ1n) is 6.34. The van der Waals surface area contributed by atoms with Crippen LogP contribution in [0.1, 0.15) is 25.0 Å². The number of ketones is 2. The second-order valence-corrected chi connectivity index (χ2v) is 4.47. The Morgan fingerprint density at radius 2 is 1.05 bits per heavy atom. The van der Waals surface area contributed by atoms with Crippen LogP contribution >= 0.6 is 0 Å². The van der Waals surface area contributed by atoms with Gasteiger partial charge in [0.05, 0.1) is 0 Å². The van der Waals surface area contributed by atoms with Crippen molar-refractivity contribution in [1.29, 1.82) is 0 Å². The number of hydrogen-bond donors (Lipinski definition) is 0. The molecule has 0 N–H and O–H groups in total. The fraction of sp³-hybridized carbons (Fsp3) is 0.250. The third-order valence-electron chi connectivity index (χ3n) is 2.40. The van der Waals surface area contributed by atoms with Crippen molar-refractivity contribution in [3.63, 3.8) is 0 Å². The molecule has 0 unspecified atom stereocenters. The van der Waals surface area contributed by atoms with Gasteiger partial charge in [-0.15, -0.1) is 0 Å². The van der Waals surface area contributed by atoms with Gasteiger partial charge >= 0.3 is 0 Å². The van der Waals surface area contributed by atoms with Crippen LogP contribution in [0, 0.1) is 0 Å². The molecule has 2 aromatic heterocycles. The van der Waals surface area contributed by atoms with Crippen molar-refractivity contribution in [2.24, 2.45) is 0 Å². The molecular weight excluding hydrogens is 252 g/mol. The quantitative estimate of drug-likeness (QED) is 0.856. The molecule has 20 heavy (non-hydrogen) atoms. The SMILES string of the molecule is CC(=O)Cc1ccncc1.CC(=O)Cc1ccncc1. The first kappa shape index (κ1) is 15.7. The number of carbonyl (C=O) groups excluding carboxylic acids is 2. The number of nitrogens with zero attached hydrogens (tertiary/aromatic N) is 2. The van der Waals surface area contributed by atoms with Gasteiger partial charge in [0.15, 0.2) is 0 Å². The molecule has 0 atom stereocenters. The number of Topliss-reactive ketones (excluding diaryl/α,β-unsaturated/α-hetero) is 2. The lowest BCUT2D eigenvalue weighted by Gasteiger charge is -1.93. The third-order valence-corrected chi connectivity index (χ3v) is 2.40. The maximum absolute atomic E-state index is 10.6. The van der Waals surface area contributed by atoms with E-state index in [0.717, 1.165) is 11.1 Å². The Morgan fingerprint density at radius 1 is 0.750 bits per heavy atom. The molecular formula is C16H18N2O2. The summed E-state index contributed by atoms with van der Waals surface area (Å²) in [7, 11) is 0. The van der Waals surface area contributed by atoms with Gasteiger partial charge in [0.25, 0.3) is 0 Å². The molecule has 2 heterocycles. The van der Waals surface area contributed by atoms with Crippen LogP contribution in [-0.2, 0) is 22.4 Å². The van der Waals surface area contributed by atoms with E-state index in [0.29, 0.717) is 12.8 Å². The third kappa shape index (κ3) is 7.16. The average molecular weight is 270 g/mol. The van der Waals surface area contributed by atoms with Gasteiger partial charge in [-0.3, -0.25) is 19.6 Å². The van der Waals surface area contributed by atoms with Gasteiger partial charge in [0.2, 0.25) is 0 Å². The Bertz CT molecular complexity index is 487. The highest BCUT2D eigenvalue weighted by atomic mass is 16.1. The van der Waals surface area contributed by atoms with Crippen LogP contribution in [-0.4, -0.2) is 21.5 Å². The van der Waals surface area contributed by atoms with E-state index < -0.39 is 0 Å². The summed E-state index contributed by atoms with van der Waals surface area (Å²) in [4.78, 5) is 28.9. The van der Waals surface area contributed by atoms with Crippen molar-refractivity contribution in [3.05, 3.63) is 60.2 Å². The van der Waals surface area contributed by atoms with E-state index in [4.69, 9.17) is 0 Å². The molecule has 104 valence electrons. The summed E-state index contributed by atoms with van der Waals surface area (Å²) in [5.41, 5.74) is 2.06. The molecule has 0 saturated carbocycles. The van der Waals surface area contributed by atoms with E-state index in [1.807, 2.05) is 24.3 Å². The average Bonchev–Trinajstić information content (AvgIpc) is 2.40. The molecule has 0 aliphatic rings. The highest BCUT2D eigenvalue weighted by Gasteiger charge is 1.94. The van der Waals surface area contributed by atoms with Crippen LogP contribution in [0.2, 0.25) is 0 Å². The minimum Gasteiger partial charge on any atom is -0.300 e. The Kier molecular flexibility index (Phi) is 6.82. The van der Waals surface area contributed by atoms with E-state index in [9.17, 15) is 9.59 Å². The van der Waals surface area contributed by atoms with Crippen molar-refractivity contribution in [1.82, 2.24) is 9.97 Å². The number of rotatable bonds is 4. The van der Waals surface area contributed by atoms with Gasteiger partial charge < -0.3 is 0 Å². The number of pyridine rings is 2. The topological polar surface area (TPSA) is 59.9 Å². The van der Waals surface area contributed by atoms with Crippen molar-refractivity contribution in [3.8, 4) is 0 Å². The minimum atomic E-state index is 0.186. The molecule has 2 rings (SSSR count). The normalized spacial score (nSPS) is 9.30. The van der Waals surface area contributed by atoms with Gasteiger partial charge in [-0.05, 0) is 49.2 Å². The molecule has 0 spiro atoms. The van der Waals surface area contributed by atoms with Crippen molar-refractivity contribution in [2.75, 3.05) is 0 Å². The minimum absolute atomic E-state index is 0.186. The summed E-state index contributed by atoms with van der Waals surface area (Å²) in [6.07, 6.45) is 7.80. The molecule has 0 bridgehead atoms. The van der Waals surface area contributed by atoms with E-state index in [-0.39, 0.29) is 11.6 Å². The molecule has 0 aromatic carbocycles. The maximum Gasteiger partial charge on any atom is 0.134 e. The van der Waals surface area contributed by atoms with E-state index in [1.54, 1.807) is 38.6 Å². The summed E-state index contributed by atoms with van der Waals surface area (Å²) in [6, 6.07) is 7.39. The maximum atomic E-state index is 10.6. The van der Waals surface area contributed by atoms with Crippen LogP contribution in [0.4, 0.5) is 0 Å². The lowest BCUT2D eigenvalue weighted by Crippen LogP contribution is -1.95. The smallest absolute Gasteiger partial charge is 0.134 e. The van der Waals surface area contributed by atoms with E-state index >= 15 is 0 Å². The second kappa shape index (κ2) is 8.69. The molecule has 0 saturated heterocycles. The van der Waals surface area contributed by atoms with Gasteiger partial charge in [0, 0.05) is 37.6 Å². The molecule has 0 amide bonds. The van der Waals surface area contributed by atoms with Crippen molar-refractivity contribution < 1.29 is 9.59 Å². The molecule has 0 fully saturated rings. The number of hydrogen-bond acceptors (Lipinski definition) is 4. The Hall–Kier alpha value is -2.36. The lowest BCUT2D eigenvalue weighted by molar-refractivity contribution is -0.117. The van der Waals surface area contributed by atoms with Crippen LogP contribution in [0.3, 0.4) is 0 Å². The first-order valence-corrected chi connectivity index (χ1v) is 6.34. The van der Waals surface area contributed by atoms with E-state index in [2.05, 4.69) is 9.97 Å². The van der Waals surface area contributed by atoms with Crippen LogP contribution in [0.15, 0.2) is 49.1 Å². The lowest BCUT2D eigenvalue weighted by atomic mass is 10.1. The standard InChI is InChI=1S/2C8H9NO/c2*1-7(10)6-8-2-4-9-5-3-8/h2*2-5H,6H2,1H3. The van der Waals surface area contributed by atoms with Crippen LogP contribution in [0.25, 0.3) is 0 Å². The Labute approximate surface area is 118 Å². The predicted molar refractivity (Wildman–Crippen MR) is 77.2 cm³/mol. The predicted octanol–water partition coefficient (Wildman–Crippen LogP) is 2.43. The van der Waals surface area contributed by atoms with Crippen LogP contribution in [0.5, 0.6) is 0 Å². The zero-order valence-corrected chi connectivity index (χ0v) is 11.7.